The van der Waals surface area contributed by atoms with Crippen molar-refractivity contribution < 1.29 is 0 Å². The highest BCUT2D eigenvalue weighted by Crippen LogP contribution is 2.28. The molecule has 0 aliphatic carbocycles. The van der Waals surface area contributed by atoms with Gasteiger partial charge in [-0.2, -0.15) is 0 Å². The van der Waals surface area contributed by atoms with Crippen LogP contribution in [-0.2, 0) is 0 Å². The van der Waals surface area contributed by atoms with Gasteiger partial charge in [0.05, 0.1) is 0 Å². The van der Waals surface area contributed by atoms with E-state index < -0.39 is 0 Å². The van der Waals surface area contributed by atoms with E-state index in [1.807, 2.05) is 24.2 Å². The van der Waals surface area contributed by atoms with E-state index in [9.17, 15) is 0 Å². The van der Waals surface area contributed by atoms with Crippen molar-refractivity contribution in [2.24, 2.45) is 0 Å². The van der Waals surface area contributed by atoms with Crippen molar-refractivity contribution in [3.63, 3.8) is 0 Å². The molecule has 1 aromatic heterocycles. The summed E-state index contributed by atoms with van der Waals surface area (Å²) in [5.41, 5.74) is 5.10. The van der Waals surface area contributed by atoms with Crippen molar-refractivity contribution in [2.45, 2.75) is 25.7 Å². The second-order valence-corrected chi connectivity index (χ2v) is 5.41. The summed E-state index contributed by atoms with van der Waals surface area (Å²) in [6.07, 6.45) is 3.78. The first-order chi connectivity index (χ1) is 8.22. The fourth-order valence-corrected chi connectivity index (χ4v) is 2.66. The molecule has 0 aliphatic heterocycles. The molecule has 0 atom stereocenters. The van der Waals surface area contributed by atoms with Crippen LogP contribution in [0.5, 0.6) is 0 Å². The normalized spacial score (nSPS) is 10.5. The molecule has 0 N–H and O–H groups in total. The standard InChI is InChI=1S/C15H17NS/c1-4-17-15-6-5-13(9-12(15)3)14-10-16-8-7-11(14)2/h5-10H,4H2,1-3H3. The molecule has 0 saturated heterocycles. The Hall–Kier alpha value is -1.28. The van der Waals surface area contributed by atoms with Crippen LogP contribution >= 0.6 is 11.8 Å². The summed E-state index contributed by atoms with van der Waals surface area (Å²) in [5, 5.41) is 0. The van der Waals surface area contributed by atoms with Gasteiger partial charge in [-0.3, -0.25) is 4.98 Å². The van der Waals surface area contributed by atoms with E-state index in [0.29, 0.717) is 0 Å². The average Bonchev–Trinajstić information content (AvgIpc) is 2.33. The number of rotatable bonds is 3. The summed E-state index contributed by atoms with van der Waals surface area (Å²) in [4.78, 5) is 5.58. The van der Waals surface area contributed by atoms with E-state index in [0.717, 1.165) is 5.75 Å². The van der Waals surface area contributed by atoms with E-state index in [1.54, 1.807) is 0 Å². The molecule has 17 heavy (non-hydrogen) atoms. The lowest BCUT2D eigenvalue weighted by molar-refractivity contribution is 1.26. The van der Waals surface area contributed by atoms with Gasteiger partial charge >= 0.3 is 0 Å². The molecule has 2 rings (SSSR count). The Labute approximate surface area is 107 Å². The van der Waals surface area contributed by atoms with Crippen LogP contribution in [0.1, 0.15) is 18.1 Å². The van der Waals surface area contributed by atoms with Gasteiger partial charge in [0.15, 0.2) is 0 Å². The minimum absolute atomic E-state index is 1.12. The van der Waals surface area contributed by atoms with Crippen molar-refractivity contribution in [3.8, 4) is 11.1 Å². The van der Waals surface area contributed by atoms with Crippen molar-refractivity contribution in [2.75, 3.05) is 5.75 Å². The predicted octanol–water partition coefficient (Wildman–Crippen LogP) is 4.48. The Kier molecular flexibility index (Phi) is 3.85. The zero-order valence-corrected chi connectivity index (χ0v) is 11.3. The van der Waals surface area contributed by atoms with Gasteiger partial charge in [0.2, 0.25) is 0 Å². The summed E-state index contributed by atoms with van der Waals surface area (Å²) < 4.78 is 0. The third-order valence-corrected chi connectivity index (χ3v) is 3.88. The molecule has 1 aromatic carbocycles. The first kappa shape index (κ1) is 12.2. The van der Waals surface area contributed by atoms with Gasteiger partial charge in [-0.1, -0.05) is 19.1 Å². The van der Waals surface area contributed by atoms with Crippen LogP contribution in [0.25, 0.3) is 11.1 Å². The Morgan fingerprint density at radius 1 is 1.12 bits per heavy atom. The lowest BCUT2D eigenvalue weighted by Crippen LogP contribution is -1.87. The van der Waals surface area contributed by atoms with Crippen molar-refractivity contribution in [3.05, 3.63) is 47.8 Å². The lowest BCUT2D eigenvalue weighted by atomic mass is 10.0. The van der Waals surface area contributed by atoms with Gasteiger partial charge in [0.1, 0.15) is 0 Å². The van der Waals surface area contributed by atoms with Gasteiger partial charge < -0.3 is 0 Å². The minimum Gasteiger partial charge on any atom is -0.264 e. The first-order valence-electron chi connectivity index (χ1n) is 5.87. The molecule has 0 unspecified atom stereocenters. The van der Waals surface area contributed by atoms with E-state index in [1.165, 1.54) is 27.1 Å². The number of hydrogen-bond acceptors (Lipinski definition) is 2. The number of nitrogens with zero attached hydrogens (tertiary/aromatic N) is 1. The summed E-state index contributed by atoms with van der Waals surface area (Å²) in [6, 6.07) is 8.71. The summed E-state index contributed by atoms with van der Waals surface area (Å²) in [7, 11) is 0. The van der Waals surface area contributed by atoms with Crippen molar-refractivity contribution in [1.29, 1.82) is 0 Å². The topological polar surface area (TPSA) is 12.9 Å². The van der Waals surface area contributed by atoms with Crippen LogP contribution in [0.2, 0.25) is 0 Å². The third kappa shape index (κ3) is 2.70. The van der Waals surface area contributed by atoms with Crippen LogP contribution < -0.4 is 0 Å². The summed E-state index contributed by atoms with van der Waals surface area (Å²) in [6.45, 7) is 6.48. The summed E-state index contributed by atoms with van der Waals surface area (Å²) >= 11 is 1.89. The highest BCUT2D eigenvalue weighted by atomic mass is 32.2. The Morgan fingerprint density at radius 2 is 1.94 bits per heavy atom. The highest BCUT2D eigenvalue weighted by molar-refractivity contribution is 7.99. The highest BCUT2D eigenvalue weighted by Gasteiger charge is 2.04. The zero-order chi connectivity index (χ0) is 12.3. The molecule has 0 bridgehead atoms. The van der Waals surface area contributed by atoms with Crippen molar-refractivity contribution in [1.82, 2.24) is 4.98 Å². The van der Waals surface area contributed by atoms with Crippen LogP contribution in [-0.4, -0.2) is 10.7 Å². The molecule has 0 spiro atoms. The van der Waals surface area contributed by atoms with Crippen LogP contribution in [0, 0.1) is 13.8 Å². The zero-order valence-electron chi connectivity index (χ0n) is 10.5. The van der Waals surface area contributed by atoms with E-state index >= 15 is 0 Å². The molecule has 1 heterocycles. The van der Waals surface area contributed by atoms with Gasteiger partial charge in [0.25, 0.3) is 0 Å². The molecule has 2 aromatic rings. The van der Waals surface area contributed by atoms with Crippen molar-refractivity contribution >= 4 is 11.8 Å². The molecule has 0 amide bonds. The fourth-order valence-electron chi connectivity index (χ4n) is 1.90. The SMILES string of the molecule is CCSc1ccc(-c2cnccc2C)cc1C. The molecule has 0 aliphatic rings. The van der Waals surface area contributed by atoms with Gasteiger partial charge in [-0.05, 0) is 48.4 Å². The molecule has 0 fully saturated rings. The maximum absolute atomic E-state index is 4.21. The number of thioether (sulfide) groups is 1. The minimum atomic E-state index is 1.12. The molecular formula is C15H17NS. The second kappa shape index (κ2) is 5.37. The smallest absolute Gasteiger partial charge is 0.0349 e. The number of benzene rings is 1. The largest absolute Gasteiger partial charge is 0.264 e. The monoisotopic (exact) mass is 243 g/mol. The maximum atomic E-state index is 4.21. The Balaban J connectivity index is 2.41. The first-order valence-corrected chi connectivity index (χ1v) is 6.85. The number of aromatic nitrogens is 1. The van der Waals surface area contributed by atoms with E-state index in [2.05, 4.69) is 50.0 Å². The molecule has 88 valence electrons. The van der Waals surface area contributed by atoms with Crippen LogP contribution in [0.4, 0.5) is 0 Å². The lowest BCUT2D eigenvalue weighted by Gasteiger charge is -2.09. The molecule has 0 saturated carbocycles. The van der Waals surface area contributed by atoms with Crippen LogP contribution in [0.15, 0.2) is 41.6 Å². The van der Waals surface area contributed by atoms with Crippen LogP contribution in [0.3, 0.4) is 0 Å². The molecule has 1 nitrogen and oxygen atoms in total. The van der Waals surface area contributed by atoms with Gasteiger partial charge in [0, 0.05) is 22.9 Å². The average molecular weight is 243 g/mol. The second-order valence-electron chi connectivity index (χ2n) is 4.10. The maximum Gasteiger partial charge on any atom is 0.0349 e. The summed E-state index contributed by atoms with van der Waals surface area (Å²) in [5.74, 6) is 1.12. The fraction of sp³-hybridized carbons (Fsp3) is 0.267. The Bertz CT molecular complexity index is 520. The Morgan fingerprint density at radius 3 is 2.59 bits per heavy atom. The molecule has 0 radical (unpaired) electrons. The number of aryl methyl sites for hydroxylation is 2. The van der Waals surface area contributed by atoms with E-state index in [4.69, 9.17) is 0 Å². The predicted molar refractivity (Wildman–Crippen MR) is 75.5 cm³/mol. The quantitative estimate of drug-likeness (QED) is 0.737. The number of hydrogen-bond donors (Lipinski definition) is 0. The molecular weight excluding hydrogens is 226 g/mol. The molecule has 2 heteroatoms. The van der Waals surface area contributed by atoms with E-state index in [-0.39, 0.29) is 0 Å². The van der Waals surface area contributed by atoms with Gasteiger partial charge in [-0.25, -0.2) is 0 Å². The number of pyridine rings is 1. The third-order valence-electron chi connectivity index (χ3n) is 2.82. The van der Waals surface area contributed by atoms with Gasteiger partial charge in [-0.15, -0.1) is 11.8 Å².